The van der Waals surface area contributed by atoms with Gasteiger partial charge in [-0.1, -0.05) is 121 Å². The van der Waals surface area contributed by atoms with Gasteiger partial charge in [-0.25, -0.2) is 0 Å². The Morgan fingerprint density at radius 3 is 1.58 bits per heavy atom. The number of fused-ring (bicyclic) bond motifs is 2. The zero-order valence-electron chi connectivity index (χ0n) is 36.2. The van der Waals surface area contributed by atoms with E-state index in [1.165, 1.54) is 7.11 Å². The molecule has 0 unspecified atom stereocenters. The summed E-state index contributed by atoms with van der Waals surface area (Å²) in [7, 11) is 0.717. The van der Waals surface area contributed by atoms with Crippen molar-refractivity contribution in [3.8, 4) is 34.5 Å². The molecular formula is C51H52O12S. The monoisotopic (exact) mass is 888 g/mol. The van der Waals surface area contributed by atoms with Gasteiger partial charge in [0.05, 0.1) is 66.2 Å². The van der Waals surface area contributed by atoms with Crippen molar-refractivity contribution in [1.82, 2.24) is 0 Å². The summed E-state index contributed by atoms with van der Waals surface area (Å²) in [5.74, 6) is 2.04. The van der Waals surface area contributed by atoms with Crippen LogP contribution in [0.5, 0.6) is 34.5 Å². The van der Waals surface area contributed by atoms with Crippen LogP contribution in [0.4, 0.5) is 0 Å². The molecule has 0 aromatic heterocycles. The fraction of sp³-hybridized carbons (Fsp3) is 0.294. The lowest BCUT2D eigenvalue weighted by molar-refractivity contribution is -0.275. The topological polar surface area (TPSA) is 126 Å². The van der Waals surface area contributed by atoms with Crippen molar-refractivity contribution in [3.63, 3.8) is 0 Å². The lowest BCUT2D eigenvalue weighted by atomic mass is 9.87. The van der Waals surface area contributed by atoms with Crippen LogP contribution >= 0.6 is 0 Å². The van der Waals surface area contributed by atoms with Crippen molar-refractivity contribution in [2.45, 2.75) is 63.4 Å². The van der Waals surface area contributed by atoms with E-state index in [1.807, 2.05) is 121 Å². The van der Waals surface area contributed by atoms with Crippen molar-refractivity contribution in [2.24, 2.45) is 0 Å². The Balaban J connectivity index is 1.24. The summed E-state index contributed by atoms with van der Waals surface area (Å²) < 4.78 is 89.1. The maximum Gasteiger partial charge on any atom is 0.306 e. The molecule has 8 rings (SSSR count). The quantitative estimate of drug-likeness (QED) is 0.0719. The Kier molecular flexibility index (Phi) is 14.5. The lowest BCUT2D eigenvalue weighted by Crippen LogP contribution is -2.58. The van der Waals surface area contributed by atoms with E-state index in [9.17, 15) is 8.42 Å². The Bertz CT molecular complexity index is 2560. The molecule has 334 valence electrons. The van der Waals surface area contributed by atoms with Gasteiger partial charge < -0.3 is 46.8 Å². The predicted molar refractivity (Wildman–Crippen MR) is 240 cm³/mol. The maximum atomic E-state index is 12.3. The van der Waals surface area contributed by atoms with Crippen molar-refractivity contribution < 1.29 is 55.2 Å². The zero-order chi connectivity index (χ0) is 44.5. The fourth-order valence-corrected chi connectivity index (χ4v) is 8.59. The van der Waals surface area contributed by atoms with Gasteiger partial charge in [0.1, 0.15) is 53.5 Å². The molecule has 2 aliphatic heterocycles. The molecule has 64 heavy (non-hydrogen) atoms. The van der Waals surface area contributed by atoms with E-state index in [1.54, 1.807) is 32.4 Å². The standard InChI is InChI=1S/C51H52O12S/c1-54-42-27-40-38(26-43(42)63-64(4,52)53)25-39-41(61-40)28-44(55-2)46(47(39)56-3)49-51(60-32-37-23-15-8-16-24-37)50(59-31-36-21-13-7-14-22-36)48(58-30-35-19-11-6-12-20-35)45(62-49)33-57-29-34-17-9-5-10-18-34/h5-24,26-28,45,48-51H,25,29-33H2,1-4H3/t45-,48-,49+,50+,51+/m1/s1. The van der Waals surface area contributed by atoms with Crippen LogP contribution in [0.3, 0.4) is 0 Å². The summed E-state index contributed by atoms with van der Waals surface area (Å²) in [5.41, 5.74) is 5.81. The number of hydrogen-bond acceptors (Lipinski definition) is 12. The second-order valence-corrected chi connectivity index (χ2v) is 17.1. The van der Waals surface area contributed by atoms with Gasteiger partial charge in [0.25, 0.3) is 0 Å². The molecular weight excluding hydrogens is 837 g/mol. The first-order valence-corrected chi connectivity index (χ1v) is 22.8. The van der Waals surface area contributed by atoms with Gasteiger partial charge in [-0.3, -0.25) is 0 Å². The molecule has 1 fully saturated rings. The highest BCUT2D eigenvalue weighted by Crippen LogP contribution is 2.53. The highest BCUT2D eigenvalue weighted by atomic mass is 32.2. The van der Waals surface area contributed by atoms with E-state index in [-0.39, 0.29) is 44.3 Å². The molecule has 0 N–H and O–H groups in total. The van der Waals surface area contributed by atoms with Crippen molar-refractivity contribution >= 4 is 10.1 Å². The Morgan fingerprint density at radius 1 is 0.562 bits per heavy atom. The van der Waals surface area contributed by atoms with E-state index in [0.29, 0.717) is 46.3 Å². The molecule has 6 aromatic carbocycles. The Morgan fingerprint density at radius 2 is 1.06 bits per heavy atom. The molecule has 0 aliphatic carbocycles. The van der Waals surface area contributed by atoms with Gasteiger partial charge in [-0.2, -0.15) is 8.42 Å². The first-order chi connectivity index (χ1) is 31.2. The van der Waals surface area contributed by atoms with Gasteiger partial charge in [0.15, 0.2) is 11.5 Å². The average Bonchev–Trinajstić information content (AvgIpc) is 3.31. The van der Waals surface area contributed by atoms with E-state index in [4.69, 9.17) is 46.8 Å². The van der Waals surface area contributed by atoms with Crippen molar-refractivity contribution in [2.75, 3.05) is 34.2 Å². The third kappa shape index (κ3) is 10.7. The van der Waals surface area contributed by atoms with Crippen molar-refractivity contribution in [3.05, 3.63) is 178 Å². The Hall–Kier alpha value is -5.93. The molecule has 1 saturated heterocycles. The summed E-state index contributed by atoms with van der Waals surface area (Å²) in [6, 6.07) is 44.8. The largest absolute Gasteiger partial charge is 0.496 e. The van der Waals surface area contributed by atoms with Crippen LogP contribution in [0.15, 0.2) is 140 Å². The average molecular weight is 889 g/mol. The first-order valence-electron chi connectivity index (χ1n) is 21.0. The van der Waals surface area contributed by atoms with Crippen LogP contribution in [-0.4, -0.2) is 67.0 Å². The summed E-state index contributed by atoms with van der Waals surface area (Å²) >= 11 is 0. The molecule has 0 radical (unpaired) electrons. The third-order valence-electron chi connectivity index (χ3n) is 11.1. The molecule has 0 spiro atoms. The number of methoxy groups -OCH3 is 3. The summed E-state index contributed by atoms with van der Waals surface area (Å²) in [6.45, 7) is 1.27. The molecule has 12 nitrogen and oxygen atoms in total. The SMILES string of the molecule is COc1cc2c(cc1OS(C)(=O)=O)Cc1c(cc(OC)c([C@@H]3O[C@H](COCc4ccccc4)[C@@H](OCc4ccccc4)[C@H](OCc4ccccc4)[C@H]3OCc3ccccc3)c1OC)O2. The second-order valence-electron chi connectivity index (χ2n) is 15.6. The number of rotatable bonds is 19. The van der Waals surface area contributed by atoms with Crippen LogP contribution in [0, 0.1) is 0 Å². The molecule has 6 aromatic rings. The fourth-order valence-electron chi connectivity index (χ4n) is 8.14. The minimum Gasteiger partial charge on any atom is -0.496 e. The molecule has 0 amide bonds. The van der Waals surface area contributed by atoms with Gasteiger partial charge in [0, 0.05) is 29.7 Å². The predicted octanol–water partition coefficient (Wildman–Crippen LogP) is 9.16. The van der Waals surface area contributed by atoms with E-state index < -0.39 is 40.6 Å². The highest BCUT2D eigenvalue weighted by molar-refractivity contribution is 7.86. The van der Waals surface area contributed by atoms with E-state index in [2.05, 4.69) is 0 Å². The molecule has 2 aliphatic rings. The molecule has 5 atom stereocenters. The molecule has 0 saturated carbocycles. The Labute approximate surface area is 374 Å². The van der Waals surface area contributed by atoms with Gasteiger partial charge in [0.2, 0.25) is 0 Å². The second kappa shape index (κ2) is 20.7. The third-order valence-corrected chi connectivity index (χ3v) is 11.6. The maximum absolute atomic E-state index is 12.3. The summed E-state index contributed by atoms with van der Waals surface area (Å²) in [5, 5.41) is 0. The van der Waals surface area contributed by atoms with Crippen molar-refractivity contribution in [1.29, 1.82) is 0 Å². The molecule has 2 heterocycles. The summed E-state index contributed by atoms with van der Waals surface area (Å²) in [6.07, 6.45) is -2.49. The minimum absolute atomic E-state index is 0.0341. The van der Waals surface area contributed by atoms with E-state index >= 15 is 0 Å². The van der Waals surface area contributed by atoms with Gasteiger partial charge in [-0.05, 0) is 28.3 Å². The highest BCUT2D eigenvalue weighted by Gasteiger charge is 2.51. The van der Waals surface area contributed by atoms with E-state index in [0.717, 1.165) is 28.5 Å². The van der Waals surface area contributed by atoms with Crippen LogP contribution in [0.1, 0.15) is 45.0 Å². The van der Waals surface area contributed by atoms with Crippen LogP contribution in [0.2, 0.25) is 0 Å². The molecule has 13 heteroatoms. The van der Waals surface area contributed by atoms with Gasteiger partial charge in [-0.15, -0.1) is 0 Å². The lowest BCUT2D eigenvalue weighted by Gasteiger charge is -2.47. The van der Waals surface area contributed by atoms with Crippen LogP contribution in [0.25, 0.3) is 0 Å². The van der Waals surface area contributed by atoms with Gasteiger partial charge >= 0.3 is 10.1 Å². The van der Waals surface area contributed by atoms with Crippen LogP contribution < -0.4 is 23.1 Å². The van der Waals surface area contributed by atoms with Crippen LogP contribution in [-0.2, 0) is 66.7 Å². The number of benzene rings is 6. The molecule has 0 bridgehead atoms. The first kappa shape index (κ1) is 44.7. The summed E-state index contributed by atoms with van der Waals surface area (Å²) in [4.78, 5) is 0. The normalized spacial score (nSPS) is 19.2. The smallest absolute Gasteiger partial charge is 0.306 e. The minimum atomic E-state index is -3.88. The number of hydrogen-bond donors (Lipinski definition) is 0. The zero-order valence-corrected chi connectivity index (χ0v) is 37.0. The number of ether oxygens (including phenoxy) is 9.